The predicted octanol–water partition coefficient (Wildman–Crippen LogP) is 3.05. The van der Waals surface area contributed by atoms with E-state index in [1.807, 2.05) is 31.2 Å². The number of H-pyrrole nitrogens is 1. The van der Waals surface area contributed by atoms with E-state index in [2.05, 4.69) is 16.4 Å². The van der Waals surface area contributed by atoms with Gasteiger partial charge in [-0.1, -0.05) is 47.5 Å². The summed E-state index contributed by atoms with van der Waals surface area (Å²) in [6.07, 6.45) is 3.28. The van der Waals surface area contributed by atoms with Gasteiger partial charge in [0.1, 0.15) is 5.02 Å². The van der Waals surface area contributed by atoms with E-state index in [0.717, 1.165) is 23.1 Å². The third-order valence-corrected chi connectivity index (χ3v) is 4.17. The molecule has 1 amide bonds. The van der Waals surface area contributed by atoms with Crippen molar-refractivity contribution in [2.24, 2.45) is 0 Å². The van der Waals surface area contributed by atoms with Crippen molar-refractivity contribution >= 4 is 23.1 Å². The molecule has 0 aliphatic carbocycles. The molecule has 0 unspecified atom stereocenters. The molecule has 5 heteroatoms. The van der Waals surface area contributed by atoms with Crippen molar-refractivity contribution in [1.29, 1.82) is 0 Å². The Morgan fingerprint density at radius 1 is 1.26 bits per heavy atom. The zero-order valence-electron chi connectivity index (χ0n) is 12.7. The van der Waals surface area contributed by atoms with Crippen molar-refractivity contribution in [2.45, 2.75) is 25.8 Å². The Bertz CT molecular complexity index is 839. The van der Waals surface area contributed by atoms with Crippen molar-refractivity contribution in [1.82, 2.24) is 10.3 Å². The summed E-state index contributed by atoms with van der Waals surface area (Å²) < 4.78 is 0. The highest BCUT2D eigenvalue weighted by Crippen LogP contribution is 2.25. The molecule has 1 aromatic heterocycles. The molecule has 1 fully saturated rings. The molecular formula is C18H17ClN2O2. The van der Waals surface area contributed by atoms with Crippen LogP contribution in [-0.4, -0.2) is 16.9 Å². The van der Waals surface area contributed by atoms with Gasteiger partial charge in [-0.05, 0) is 31.0 Å². The van der Waals surface area contributed by atoms with E-state index in [1.165, 1.54) is 0 Å². The van der Waals surface area contributed by atoms with Crippen molar-refractivity contribution in [2.75, 3.05) is 0 Å². The first-order chi connectivity index (χ1) is 11.0. The molecule has 0 saturated carbocycles. The smallest absolute Gasteiger partial charge is 0.267 e. The summed E-state index contributed by atoms with van der Waals surface area (Å²) in [6, 6.07) is 11.4. The number of nitrogens with one attached hydrogen (secondary N) is 2. The van der Waals surface area contributed by atoms with Crippen LogP contribution in [0.15, 0.2) is 47.3 Å². The highest BCUT2D eigenvalue weighted by Gasteiger charge is 2.20. The van der Waals surface area contributed by atoms with Crippen LogP contribution in [0.2, 0.25) is 5.02 Å². The van der Waals surface area contributed by atoms with Gasteiger partial charge < -0.3 is 10.3 Å². The van der Waals surface area contributed by atoms with Gasteiger partial charge in [0.15, 0.2) is 0 Å². The second kappa shape index (κ2) is 6.42. The number of pyridine rings is 1. The van der Waals surface area contributed by atoms with E-state index < -0.39 is 0 Å². The first-order valence-corrected chi connectivity index (χ1v) is 7.88. The molecule has 23 heavy (non-hydrogen) atoms. The second-order valence-corrected chi connectivity index (χ2v) is 6.12. The highest BCUT2D eigenvalue weighted by atomic mass is 35.5. The van der Waals surface area contributed by atoms with Gasteiger partial charge in [-0.15, -0.1) is 0 Å². The maximum absolute atomic E-state index is 11.8. The number of carbonyl (C=O) groups excluding carboxylic acids is 1. The summed E-state index contributed by atoms with van der Waals surface area (Å²) in [7, 11) is 0. The lowest BCUT2D eigenvalue weighted by molar-refractivity contribution is -0.119. The van der Waals surface area contributed by atoms with Gasteiger partial charge in [-0.2, -0.15) is 0 Å². The van der Waals surface area contributed by atoms with Crippen LogP contribution in [-0.2, 0) is 4.79 Å². The van der Waals surface area contributed by atoms with Crippen LogP contribution in [0, 0.1) is 6.92 Å². The Balaban J connectivity index is 2.09. The number of hydrogen-bond donors (Lipinski definition) is 2. The van der Waals surface area contributed by atoms with Crippen LogP contribution >= 0.6 is 11.6 Å². The Labute approximate surface area is 139 Å². The highest BCUT2D eigenvalue weighted by molar-refractivity contribution is 6.30. The van der Waals surface area contributed by atoms with Gasteiger partial charge in [0.05, 0.1) is 0 Å². The first kappa shape index (κ1) is 15.6. The van der Waals surface area contributed by atoms with Gasteiger partial charge in [0.2, 0.25) is 5.91 Å². The van der Waals surface area contributed by atoms with Crippen molar-refractivity contribution < 1.29 is 4.79 Å². The zero-order valence-corrected chi connectivity index (χ0v) is 13.5. The van der Waals surface area contributed by atoms with Gasteiger partial charge in [-0.3, -0.25) is 9.59 Å². The topological polar surface area (TPSA) is 62.0 Å². The van der Waals surface area contributed by atoms with Gasteiger partial charge in [0, 0.05) is 23.7 Å². The number of aryl methyl sites for hydroxylation is 1. The zero-order chi connectivity index (χ0) is 16.4. The monoisotopic (exact) mass is 328 g/mol. The third-order valence-electron chi connectivity index (χ3n) is 3.88. The number of carbonyl (C=O) groups is 1. The van der Waals surface area contributed by atoms with E-state index in [0.29, 0.717) is 12.1 Å². The molecule has 1 atom stereocenters. The van der Waals surface area contributed by atoms with Gasteiger partial charge in [-0.25, -0.2) is 0 Å². The van der Waals surface area contributed by atoms with Crippen LogP contribution < -0.4 is 10.9 Å². The molecule has 1 saturated heterocycles. The fraction of sp³-hybridized carbons (Fsp3) is 0.222. The summed E-state index contributed by atoms with van der Waals surface area (Å²) >= 11 is 5.83. The van der Waals surface area contributed by atoms with E-state index >= 15 is 0 Å². The Kier molecular flexibility index (Phi) is 4.35. The van der Waals surface area contributed by atoms with E-state index in [1.54, 1.807) is 12.1 Å². The quantitative estimate of drug-likeness (QED) is 0.909. The summed E-state index contributed by atoms with van der Waals surface area (Å²) in [5, 5.41) is 3.09. The number of benzene rings is 1. The lowest BCUT2D eigenvalue weighted by Crippen LogP contribution is -2.23. The molecule has 2 heterocycles. The fourth-order valence-electron chi connectivity index (χ4n) is 2.73. The van der Waals surface area contributed by atoms with E-state index in [-0.39, 0.29) is 22.5 Å². The largest absolute Gasteiger partial charge is 0.350 e. The molecular weight excluding hydrogens is 312 g/mol. The standard InChI is InChI=1S/C18H17ClN2O2/c1-11-3-2-4-12(9-11)14(10-13-5-8-17(22)20-13)16-7-6-15(19)18(23)21-16/h2-4,6-7,9-10,13H,5,8H2,1H3,(H,20,22)(H,21,23)/b14-10+/t13-/m1/s1. The number of aromatic amines is 1. The summed E-state index contributed by atoms with van der Waals surface area (Å²) in [6.45, 7) is 2.02. The molecule has 118 valence electrons. The number of halogens is 1. The Morgan fingerprint density at radius 2 is 2.09 bits per heavy atom. The SMILES string of the molecule is Cc1cccc(/C(=C\[C@H]2CCC(=O)N2)c2ccc(Cl)c(=O)[nH]2)c1. The second-order valence-electron chi connectivity index (χ2n) is 5.71. The molecule has 1 aliphatic rings. The Morgan fingerprint density at radius 3 is 2.74 bits per heavy atom. The van der Waals surface area contributed by atoms with Gasteiger partial charge >= 0.3 is 0 Å². The average molecular weight is 329 g/mol. The number of rotatable bonds is 3. The molecule has 1 aliphatic heterocycles. The molecule has 0 radical (unpaired) electrons. The average Bonchev–Trinajstić information content (AvgIpc) is 2.93. The normalized spacial score (nSPS) is 18.1. The molecule has 0 spiro atoms. The molecule has 4 nitrogen and oxygen atoms in total. The van der Waals surface area contributed by atoms with Crippen molar-refractivity contribution in [3.8, 4) is 0 Å². The van der Waals surface area contributed by atoms with E-state index in [9.17, 15) is 9.59 Å². The minimum atomic E-state index is -0.321. The predicted molar refractivity (Wildman–Crippen MR) is 91.5 cm³/mol. The number of amides is 1. The van der Waals surface area contributed by atoms with Crippen molar-refractivity contribution in [3.05, 3.63) is 74.7 Å². The number of aromatic nitrogens is 1. The summed E-state index contributed by atoms with van der Waals surface area (Å²) in [4.78, 5) is 26.1. The minimum Gasteiger partial charge on any atom is -0.350 e. The van der Waals surface area contributed by atoms with Crippen LogP contribution in [0.1, 0.15) is 29.7 Å². The molecule has 1 aromatic carbocycles. The van der Waals surface area contributed by atoms with Crippen LogP contribution in [0.3, 0.4) is 0 Å². The summed E-state index contributed by atoms with van der Waals surface area (Å²) in [5.41, 5.74) is 3.36. The molecule has 3 rings (SSSR count). The maximum atomic E-state index is 11.8. The third kappa shape index (κ3) is 3.54. The fourth-order valence-corrected chi connectivity index (χ4v) is 2.84. The van der Waals surface area contributed by atoms with Crippen LogP contribution in [0.4, 0.5) is 0 Å². The van der Waals surface area contributed by atoms with Crippen molar-refractivity contribution in [3.63, 3.8) is 0 Å². The van der Waals surface area contributed by atoms with Gasteiger partial charge in [0.25, 0.3) is 5.56 Å². The van der Waals surface area contributed by atoms with Crippen LogP contribution in [0.25, 0.3) is 5.57 Å². The minimum absolute atomic E-state index is 0.0304. The summed E-state index contributed by atoms with van der Waals surface area (Å²) in [5.74, 6) is 0.0550. The van der Waals surface area contributed by atoms with Crippen LogP contribution in [0.5, 0.6) is 0 Å². The maximum Gasteiger partial charge on any atom is 0.267 e. The molecule has 2 aromatic rings. The first-order valence-electron chi connectivity index (χ1n) is 7.50. The lowest BCUT2D eigenvalue weighted by atomic mass is 9.97. The Hall–Kier alpha value is -2.33. The van der Waals surface area contributed by atoms with E-state index in [4.69, 9.17) is 11.6 Å². The molecule has 0 bridgehead atoms. The lowest BCUT2D eigenvalue weighted by Gasteiger charge is -2.13. The molecule has 2 N–H and O–H groups in total. The number of hydrogen-bond acceptors (Lipinski definition) is 2.